The van der Waals surface area contributed by atoms with Crippen molar-refractivity contribution in [2.75, 3.05) is 25.2 Å². The number of methoxy groups -OCH3 is 1. The number of anilines is 1. The maximum absolute atomic E-state index is 12.1. The largest absolute Gasteiger partial charge is 0.497 e. The second kappa shape index (κ2) is 7.03. The minimum absolute atomic E-state index is 0.315. The van der Waals surface area contributed by atoms with Crippen molar-refractivity contribution in [2.24, 2.45) is 0 Å². The molecule has 24 heavy (non-hydrogen) atoms. The summed E-state index contributed by atoms with van der Waals surface area (Å²) in [4.78, 5) is 25.5. The van der Waals surface area contributed by atoms with Gasteiger partial charge >= 0.3 is 0 Å². The first-order valence-electron chi connectivity index (χ1n) is 7.46. The molecule has 0 N–H and O–H groups in total. The van der Waals surface area contributed by atoms with Crippen LogP contribution in [0.3, 0.4) is 0 Å². The van der Waals surface area contributed by atoms with Crippen molar-refractivity contribution in [3.63, 3.8) is 0 Å². The van der Waals surface area contributed by atoms with E-state index in [1.54, 1.807) is 19.2 Å². The highest BCUT2D eigenvalue weighted by Crippen LogP contribution is 2.30. The van der Waals surface area contributed by atoms with Crippen molar-refractivity contribution < 1.29 is 19.1 Å². The Kier molecular flexibility index (Phi) is 4.83. The zero-order valence-electron chi connectivity index (χ0n) is 13.1. The first-order chi connectivity index (χ1) is 11.6. The Bertz CT molecular complexity index is 773. The molecule has 3 rings (SSSR count). The van der Waals surface area contributed by atoms with Crippen LogP contribution in [0.15, 0.2) is 42.5 Å². The average molecular weight is 346 g/mol. The lowest BCUT2D eigenvalue weighted by molar-refractivity contribution is -0.114. The second-order valence-corrected chi connectivity index (χ2v) is 5.78. The molecule has 5 nitrogen and oxygen atoms in total. The van der Waals surface area contributed by atoms with E-state index in [1.807, 2.05) is 24.3 Å². The molecule has 0 atom stereocenters. The predicted molar refractivity (Wildman–Crippen MR) is 90.8 cm³/mol. The SMILES string of the molecule is COc1ccc(COCCN2C(=O)C(=O)c3cc(Cl)ccc32)cc1. The van der Waals surface area contributed by atoms with Gasteiger partial charge in [0.2, 0.25) is 0 Å². The molecule has 0 unspecified atom stereocenters. The van der Waals surface area contributed by atoms with Crippen LogP contribution in [-0.2, 0) is 16.1 Å². The number of rotatable bonds is 6. The Morgan fingerprint density at radius 3 is 2.54 bits per heavy atom. The second-order valence-electron chi connectivity index (χ2n) is 5.35. The minimum atomic E-state index is -0.541. The monoisotopic (exact) mass is 345 g/mol. The molecule has 6 heteroatoms. The summed E-state index contributed by atoms with van der Waals surface area (Å²) in [5.74, 6) is -0.279. The van der Waals surface area contributed by atoms with Gasteiger partial charge in [-0.3, -0.25) is 9.59 Å². The molecule has 1 heterocycles. The Morgan fingerprint density at radius 1 is 1.08 bits per heavy atom. The van der Waals surface area contributed by atoms with Crippen molar-refractivity contribution in [1.29, 1.82) is 0 Å². The third kappa shape index (κ3) is 3.27. The normalized spacial score (nSPS) is 13.3. The van der Waals surface area contributed by atoms with Gasteiger partial charge < -0.3 is 14.4 Å². The van der Waals surface area contributed by atoms with Gasteiger partial charge in [-0.25, -0.2) is 0 Å². The lowest BCUT2D eigenvalue weighted by Gasteiger charge is -2.16. The summed E-state index contributed by atoms with van der Waals surface area (Å²) < 4.78 is 10.7. The summed E-state index contributed by atoms with van der Waals surface area (Å²) in [5.41, 5.74) is 1.94. The number of ketones is 1. The van der Waals surface area contributed by atoms with Crippen LogP contribution in [-0.4, -0.2) is 32.0 Å². The smallest absolute Gasteiger partial charge is 0.299 e. The van der Waals surface area contributed by atoms with Crippen LogP contribution in [0, 0.1) is 0 Å². The summed E-state index contributed by atoms with van der Waals surface area (Å²) in [7, 11) is 1.62. The van der Waals surface area contributed by atoms with E-state index in [0.29, 0.717) is 36.0 Å². The van der Waals surface area contributed by atoms with Gasteiger partial charge in [-0.05, 0) is 35.9 Å². The zero-order valence-corrected chi connectivity index (χ0v) is 13.9. The van der Waals surface area contributed by atoms with E-state index >= 15 is 0 Å². The number of amides is 1. The average Bonchev–Trinajstić information content (AvgIpc) is 2.83. The van der Waals surface area contributed by atoms with E-state index in [-0.39, 0.29) is 0 Å². The standard InChI is InChI=1S/C18H16ClNO4/c1-23-14-5-2-12(3-6-14)11-24-9-8-20-16-7-4-13(19)10-15(16)17(21)18(20)22/h2-7,10H,8-9,11H2,1H3. The number of benzene rings is 2. The van der Waals surface area contributed by atoms with E-state index < -0.39 is 11.7 Å². The van der Waals surface area contributed by atoms with Crippen LogP contribution in [0.25, 0.3) is 0 Å². The molecule has 1 amide bonds. The van der Waals surface area contributed by atoms with Crippen molar-refractivity contribution in [1.82, 2.24) is 0 Å². The Morgan fingerprint density at radius 2 is 1.83 bits per heavy atom. The van der Waals surface area contributed by atoms with Crippen molar-refractivity contribution in [3.05, 3.63) is 58.6 Å². The molecule has 124 valence electrons. The molecule has 0 saturated heterocycles. The predicted octanol–water partition coefficient (Wildman–Crippen LogP) is 3.09. The number of carbonyl (C=O) groups is 2. The van der Waals surface area contributed by atoms with Crippen LogP contribution < -0.4 is 9.64 Å². The summed E-state index contributed by atoms with van der Waals surface area (Å²) >= 11 is 5.88. The summed E-state index contributed by atoms with van der Waals surface area (Å²) in [6.07, 6.45) is 0. The Balaban J connectivity index is 1.57. The fourth-order valence-corrected chi connectivity index (χ4v) is 2.73. The van der Waals surface area contributed by atoms with E-state index in [2.05, 4.69) is 0 Å². The van der Waals surface area contributed by atoms with Crippen LogP contribution in [0.1, 0.15) is 15.9 Å². The van der Waals surface area contributed by atoms with E-state index in [1.165, 1.54) is 11.0 Å². The number of nitrogens with zero attached hydrogens (tertiary/aromatic N) is 1. The Labute approximate surface area is 144 Å². The van der Waals surface area contributed by atoms with E-state index in [9.17, 15) is 9.59 Å². The lowest BCUT2D eigenvalue weighted by Crippen LogP contribution is -2.32. The number of halogens is 1. The molecule has 1 aliphatic rings. The first kappa shape index (κ1) is 16.5. The van der Waals surface area contributed by atoms with Crippen molar-refractivity contribution >= 4 is 29.0 Å². The van der Waals surface area contributed by atoms with Gasteiger partial charge in [0, 0.05) is 11.6 Å². The molecule has 0 spiro atoms. The summed E-state index contributed by atoms with van der Waals surface area (Å²) in [5, 5.41) is 0.438. The van der Waals surface area contributed by atoms with E-state index in [0.717, 1.165) is 11.3 Å². The maximum Gasteiger partial charge on any atom is 0.299 e. The molecule has 0 fully saturated rings. The minimum Gasteiger partial charge on any atom is -0.497 e. The third-order valence-electron chi connectivity index (χ3n) is 3.82. The van der Waals surface area contributed by atoms with Gasteiger partial charge in [-0.1, -0.05) is 23.7 Å². The lowest BCUT2D eigenvalue weighted by atomic mass is 10.1. The highest BCUT2D eigenvalue weighted by molar-refractivity contribution is 6.52. The number of Topliss-reactive ketones (excluding diaryl/α,β-unsaturated/α-hetero) is 1. The molecule has 1 aliphatic heterocycles. The fraction of sp³-hybridized carbons (Fsp3) is 0.222. The van der Waals surface area contributed by atoms with Gasteiger partial charge in [0.1, 0.15) is 5.75 Å². The van der Waals surface area contributed by atoms with Gasteiger partial charge in [-0.2, -0.15) is 0 Å². The topological polar surface area (TPSA) is 55.8 Å². The number of hydrogen-bond donors (Lipinski definition) is 0. The molecule has 2 aromatic rings. The molecule has 0 aliphatic carbocycles. The number of hydrogen-bond acceptors (Lipinski definition) is 4. The number of ether oxygens (including phenoxy) is 2. The summed E-state index contributed by atoms with van der Waals surface area (Å²) in [6, 6.07) is 12.4. The van der Waals surface area contributed by atoms with E-state index in [4.69, 9.17) is 21.1 Å². The van der Waals surface area contributed by atoms with Crippen LogP contribution in [0.2, 0.25) is 5.02 Å². The third-order valence-corrected chi connectivity index (χ3v) is 4.06. The molecule has 0 radical (unpaired) electrons. The van der Waals surface area contributed by atoms with Gasteiger partial charge in [-0.15, -0.1) is 0 Å². The molecule has 2 aromatic carbocycles. The van der Waals surface area contributed by atoms with Gasteiger partial charge in [0.05, 0.1) is 31.6 Å². The molecular weight excluding hydrogens is 330 g/mol. The molecule has 0 bridgehead atoms. The molecular formula is C18H16ClNO4. The highest BCUT2D eigenvalue weighted by atomic mass is 35.5. The molecule has 0 saturated carbocycles. The fourth-order valence-electron chi connectivity index (χ4n) is 2.56. The van der Waals surface area contributed by atoms with Gasteiger partial charge in [0.15, 0.2) is 0 Å². The molecule has 0 aromatic heterocycles. The number of fused-ring (bicyclic) bond motifs is 1. The van der Waals surface area contributed by atoms with Crippen LogP contribution >= 0.6 is 11.6 Å². The highest BCUT2D eigenvalue weighted by Gasteiger charge is 2.35. The zero-order chi connectivity index (χ0) is 17.1. The van der Waals surface area contributed by atoms with Crippen LogP contribution in [0.4, 0.5) is 5.69 Å². The Hall–Kier alpha value is -2.37. The maximum atomic E-state index is 12.1. The van der Waals surface area contributed by atoms with Gasteiger partial charge in [0.25, 0.3) is 11.7 Å². The summed E-state index contributed by atoms with van der Waals surface area (Å²) in [6.45, 7) is 1.07. The van der Waals surface area contributed by atoms with Crippen LogP contribution in [0.5, 0.6) is 5.75 Å². The quantitative estimate of drug-likeness (QED) is 0.596. The van der Waals surface area contributed by atoms with Crippen molar-refractivity contribution in [2.45, 2.75) is 6.61 Å². The van der Waals surface area contributed by atoms with Crippen molar-refractivity contribution in [3.8, 4) is 5.75 Å². The number of carbonyl (C=O) groups excluding carboxylic acids is 2. The first-order valence-corrected chi connectivity index (χ1v) is 7.84.